The minimum Gasteiger partial charge on any atom is -0.497 e. The number of anilines is 1. The van der Waals surface area contributed by atoms with E-state index in [1.165, 1.54) is 24.1 Å². The van der Waals surface area contributed by atoms with Crippen LogP contribution in [0.4, 0.5) is 5.69 Å². The molecule has 0 spiro atoms. The predicted molar refractivity (Wildman–Crippen MR) is 158 cm³/mol. The normalized spacial score (nSPS) is 12.8. The summed E-state index contributed by atoms with van der Waals surface area (Å²) in [5, 5.41) is 3.46. The number of nitrogens with zero attached hydrogens (tertiary/aromatic N) is 2. The maximum absolute atomic E-state index is 14.0. The Balaban J connectivity index is 2.04. The van der Waals surface area contributed by atoms with Crippen LogP contribution in [0.5, 0.6) is 5.75 Å². The van der Waals surface area contributed by atoms with Crippen molar-refractivity contribution in [2.75, 3.05) is 18.0 Å². The minimum atomic E-state index is -4.16. The molecule has 0 radical (unpaired) electrons. The van der Waals surface area contributed by atoms with Crippen LogP contribution < -0.4 is 14.4 Å². The largest absolute Gasteiger partial charge is 0.497 e. The first-order valence-electron chi connectivity index (χ1n) is 13.0. The third-order valence-corrected chi connectivity index (χ3v) is 8.70. The summed E-state index contributed by atoms with van der Waals surface area (Å²) in [7, 11) is -2.68. The smallest absolute Gasteiger partial charge is 0.264 e. The van der Waals surface area contributed by atoms with Crippen LogP contribution in [0, 0.1) is 6.92 Å². The number of aryl methyl sites for hydroxylation is 1. The number of ether oxygens (including phenoxy) is 1. The number of carbonyl (C=O) groups excluding carboxylic acids is 2. The molecule has 40 heavy (non-hydrogen) atoms. The van der Waals surface area contributed by atoms with Crippen molar-refractivity contribution < 1.29 is 22.7 Å². The molecule has 0 heterocycles. The van der Waals surface area contributed by atoms with Gasteiger partial charge in [-0.25, -0.2) is 8.42 Å². The van der Waals surface area contributed by atoms with Crippen LogP contribution in [0.3, 0.4) is 0 Å². The Morgan fingerprint density at radius 3 is 2.25 bits per heavy atom. The molecule has 2 atom stereocenters. The molecule has 0 fully saturated rings. The molecule has 214 valence electrons. The van der Waals surface area contributed by atoms with Crippen molar-refractivity contribution in [2.24, 2.45) is 0 Å². The van der Waals surface area contributed by atoms with E-state index in [2.05, 4.69) is 5.32 Å². The second-order valence-corrected chi connectivity index (χ2v) is 12.0. The zero-order valence-electron chi connectivity index (χ0n) is 23.4. The number of hydrogen-bond acceptors (Lipinski definition) is 5. The van der Waals surface area contributed by atoms with Gasteiger partial charge in [-0.05, 0) is 69.2 Å². The number of methoxy groups -OCH3 is 1. The molecule has 0 aliphatic carbocycles. The Morgan fingerprint density at radius 1 is 1.00 bits per heavy atom. The number of benzene rings is 3. The van der Waals surface area contributed by atoms with E-state index in [1.54, 1.807) is 67.6 Å². The fourth-order valence-electron chi connectivity index (χ4n) is 3.97. The summed E-state index contributed by atoms with van der Waals surface area (Å²) in [6.45, 7) is 6.89. The highest BCUT2D eigenvalue weighted by Gasteiger charge is 2.33. The van der Waals surface area contributed by atoms with Crippen LogP contribution in [0.1, 0.15) is 38.3 Å². The number of carbonyl (C=O) groups is 2. The number of nitrogens with one attached hydrogen (secondary N) is 1. The maximum Gasteiger partial charge on any atom is 0.264 e. The lowest BCUT2D eigenvalue weighted by molar-refractivity contribution is -0.139. The fraction of sp³-hybridized carbons (Fsp3) is 0.333. The van der Waals surface area contributed by atoms with Crippen molar-refractivity contribution in [3.8, 4) is 5.75 Å². The summed E-state index contributed by atoms with van der Waals surface area (Å²) >= 11 is 6.05. The Labute approximate surface area is 241 Å². The number of rotatable bonds is 12. The first kappa shape index (κ1) is 31.0. The predicted octanol–water partition coefficient (Wildman–Crippen LogP) is 5.18. The average Bonchev–Trinajstić information content (AvgIpc) is 2.95. The molecular weight excluding hydrogens is 550 g/mol. The van der Waals surface area contributed by atoms with E-state index in [4.69, 9.17) is 16.3 Å². The van der Waals surface area contributed by atoms with Gasteiger partial charge in [-0.1, -0.05) is 54.4 Å². The van der Waals surface area contributed by atoms with Crippen molar-refractivity contribution in [3.63, 3.8) is 0 Å². The van der Waals surface area contributed by atoms with E-state index in [0.717, 1.165) is 21.9 Å². The fourth-order valence-corrected chi connectivity index (χ4v) is 5.50. The van der Waals surface area contributed by atoms with Crippen LogP contribution in [0.15, 0.2) is 77.7 Å². The topological polar surface area (TPSA) is 96.0 Å². The van der Waals surface area contributed by atoms with E-state index in [1.807, 2.05) is 20.8 Å². The van der Waals surface area contributed by atoms with Crippen LogP contribution in [-0.2, 0) is 26.2 Å². The molecule has 0 bridgehead atoms. The van der Waals surface area contributed by atoms with Gasteiger partial charge in [0.05, 0.1) is 17.7 Å². The lowest BCUT2D eigenvalue weighted by Gasteiger charge is -2.32. The van der Waals surface area contributed by atoms with Crippen LogP contribution in [0.2, 0.25) is 5.02 Å². The van der Waals surface area contributed by atoms with Gasteiger partial charge < -0.3 is 15.0 Å². The Kier molecular flexibility index (Phi) is 10.6. The van der Waals surface area contributed by atoms with Crippen molar-refractivity contribution >= 4 is 39.1 Å². The maximum atomic E-state index is 14.0. The molecule has 0 saturated carbocycles. The number of halogens is 1. The van der Waals surface area contributed by atoms with Crippen LogP contribution in [-0.4, -0.2) is 50.9 Å². The number of sulfonamides is 1. The molecule has 1 N–H and O–H groups in total. The third kappa shape index (κ3) is 7.76. The highest BCUT2D eigenvalue weighted by Crippen LogP contribution is 2.28. The van der Waals surface area contributed by atoms with Gasteiger partial charge in [0.25, 0.3) is 10.0 Å². The Morgan fingerprint density at radius 2 is 1.65 bits per heavy atom. The summed E-state index contributed by atoms with van der Waals surface area (Å²) in [4.78, 5) is 28.5. The van der Waals surface area contributed by atoms with Gasteiger partial charge in [0.2, 0.25) is 11.8 Å². The molecule has 0 saturated heterocycles. The van der Waals surface area contributed by atoms with E-state index in [0.29, 0.717) is 10.8 Å². The van der Waals surface area contributed by atoms with E-state index in [9.17, 15) is 18.0 Å². The Hall–Kier alpha value is -3.56. The molecule has 10 heteroatoms. The quantitative estimate of drug-likeness (QED) is 0.316. The zero-order chi connectivity index (χ0) is 29.4. The molecule has 2 amide bonds. The summed E-state index contributed by atoms with van der Waals surface area (Å²) < 4.78 is 34.2. The molecule has 0 aliphatic rings. The number of hydrogen-bond donors (Lipinski definition) is 1. The zero-order valence-corrected chi connectivity index (χ0v) is 25.0. The molecular formula is C30H36ClN3O5S. The van der Waals surface area contributed by atoms with Gasteiger partial charge in [0.15, 0.2) is 0 Å². The summed E-state index contributed by atoms with van der Waals surface area (Å²) in [5.41, 5.74) is 1.91. The van der Waals surface area contributed by atoms with Gasteiger partial charge >= 0.3 is 0 Å². The van der Waals surface area contributed by atoms with Crippen molar-refractivity contribution in [1.82, 2.24) is 10.2 Å². The summed E-state index contributed by atoms with van der Waals surface area (Å²) in [6, 6.07) is 18.9. The van der Waals surface area contributed by atoms with Crippen molar-refractivity contribution in [1.29, 1.82) is 0 Å². The SMILES string of the molecule is CC[C@H](C)NC(=O)[C@@H](C)N(Cc1ccc(Cl)cc1)C(=O)CN(c1cccc(OC)c1)S(=O)(=O)c1ccc(C)cc1. The third-order valence-electron chi connectivity index (χ3n) is 6.66. The molecule has 3 aromatic rings. The van der Waals surface area contributed by atoms with Crippen molar-refractivity contribution in [2.45, 2.75) is 57.6 Å². The minimum absolute atomic E-state index is 0.0422. The van der Waals surface area contributed by atoms with Gasteiger partial charge in [0.1, 0.15) is 18.3 Å². The number of amides is 2. The van der Waals surface area contributed by atoms with Gasteiger partial charge in [-0.3, -0.25) is 13.9 Å². The molecule has 0 unspecified atom stereocenters. The lowest BCUT2D eigenvalue weighted by atomic mass is 10.1. The highest BCUT2D eigenvalue weighted by molar-refractivity contribution is 7.92. The molecule has 3 aromatic carbocycles. The molecule has 3 rings (SSSR count). The van der Waals surface area contributed by atoms with E-state index in [-0.39, 0.29) is 29.1 Å². The first-order chi connectivity index (χ1) is 19.0. The summed E-state index contributed by atoms with van der Waals surface area (Å²) in [5.74, 6) is -0.431. The summed E-state index contributed by atoms with van der Waals surface area (Å²) in [6.07, 6.45) is 0.724. The molecule has 0 aromatic heterocycles. The second-order valence-electron chi connectivity index (χ2n) is 9.67. The monoisotopic (exact) mass is 585 g/mol. The molecule has 0 aliphatic heterocycles. The van der Waals surface area contributed by atoms with Crippen LogP contribution >= 0.6 is 11.6 Å². The van der Waals surface area contributed by atoms with E-state index < -0.39 is 28.5 Å². The lowest BCUT2D eigenvalue weighted by Crippen LogP contribution is -2.52. The van der Waals surface area contributed by atoms with Gasteiger partial charge in [-0.15, -0.1) is 0 Å². The van der Waals surface area contributed by atoms with Gasteiger partial charge in [-0.2, -0.15) is 0 Å². The van der Waals surface area contributed by atoms with Crippen LogP contribution in [0.25, 0.3) is 0 Å². The van der Waals surface area contributed by atoms with Gasteiger partial charge in [0, 0.05) is 23.7 Å². The van der Waals surface area contributed by atoms with Crippen molar-refractivity contribution in [3.05, 3.63) is 88.9 Å². The average molecular weight is 586 g/mol. The molecule has 8 nitrogen and oxygen atoms in total. The first-order valence-corrected chi connectivity index (χ1v) is 14.9. The Bertz CT molecular complexity index is 1410. The van der Waals surface area contributed by atoms with E-state index >= 15 is 0 Å². The second kappa shape index (κ2) is 13.7. The highest BCUT2D eigenvalue weighted by atomic mass is 35.5. The standard InChI is InChI=1S/C30H36ClN3O5S/c1-6-22(3)32-30(36)23(4)33(19-24-12-14-25(31)15-13-24)29(35)20-34(26-8-7-9-27(18-26)39-5)40(37,38)28-16-10-21(2)11-17-28/h7-18,22-23H,6,19-20H2,1-5H3,(H,32,36)/t22-,23+/m0/s1.